The molecule has 1 aromatic carbocycles. The number of ether oxygens (including phenoxy) is 2. The third-order valence-electron chi connectivity index (χ3n) is 2.42. The molecule has 0 saturated carbocycles. The maximum Gasteiger partial charge on any atom is 0.277 e. The number of methoxy groups -OCH3 is 2. The van der Waals surface area contributed by atoms with Crippen LogP contribution in [0.25, 0.3) is 0 Å². The number of alkyl halides is 2. The van der Waals surface area contributed by atoms with Gasteiger partial charge < -0.3 is 20.5 Å². The minimum absolute atomic E-state index is 0.170. The molecular formula is C12H16F2N2O3. The van der Waals surface area contributed by atoms with Crippen molar-refractivity contribution in [3.05, 3.63) is 23.8 Å². The second-order valence-corrected chi connectivity index (χ2v) is 3.84. The zero-order valence-corrected chi connectivity index (χ0v) is 10.7. The van der Waals surface area contributed by atoms with Crippen molar-refractivity contribution in [2.24, 2.45) is 5.73 Å². The Hall–Kier alpha value is -1.89. The van der Waals surface area contributed by atoms with E-state index in [1.165, 1.54) is 26.4 Å². The summed E-state index contributed by atoms with van der Waals surface area (Å²) in [5.74, 6) is -2.98. The fourth-order valence-electron chi connectivity index (χ4n) is 1.32. The van der Waals surface area contributed by atoms with Gasteiger partial charge in [0.25, 0.3) is 11.8 Å². The molecule has 0 aromatic heterocycles. The number of carbonyl (C=O) groups is 1. The summed E-state index contributed by atoms with van der Waals surface area (Å²) < 4.78 is 35.8. The minimum Gasteiger partial charge on any atom is -0.497 e. The maximum absolute atomic E-state index is 12.9. The van der Waals surface area contributed by atoms with E-state index >= 15 is 0 Å². The van der Waals surface area contributed by atoms with Crippen molar-refractivity contribution in [2.45, 2.75) is 5.92 Å². The Kier molecular flexibility index (Phi) is 5.05. The first-order valence-electron chi connectivity index (χ1n) is 5.51. The molecule has 0 bridgehead atoms. The quantitative estimate of drug-likeness (QED) is 0.812. The first-order valence-corrected chi connectivity index (χ1v) is 5.51. The van der Waals surface area contributed by atoms with Gasteiger partial charge in [-0.15, -0.1) is 0 Å². The van der Waals surface area contributed by atoms with E-state index in [2.05, 4.69) is 5.32 Å². The highest BCUT2D eigenvalue weighted by Gasteiger charge is 2.27. The van der Waals surface area contributed by atoms with Crippen LogP contribution in [0.15, 0.2) is 18.2 Å². The Balaban J connectivity index is 2.81. The summed E-state index contributed by atoms with van der Waals surface area (Å²) in [5, 5.41) is 2.11. The Morgan fingerprint density at radius 2 is 1.79 bits per heavy atom. The Bertz CT molecular complexity index is 430. The van der Waals surface area contributed by atoms with Gasteiger partial charge in [-0.3, -0.25) is 4.79 Å². The molecule has 1 rings (SSSR count). The van der Waals surface area contributed by atoms with E-state index in [0.717, 1.165) is 0 Å². The number of carbonyl (C=O) groups excluding carboxylic acids is 1. The highest BCUT2D eigenvalue weighted by molar-refractivity contribution is 5.95. The third kappa shape index (κ3) is 4.36. The average molecular weight is 274 g/mol. The topological polar surface area (TPSA) is 73.6 Å². The monoisotopic (exact) mass is 274 g/mol. The van der Waals surface area contributed by atoms with Crippen LogP contribution >= 0.6 is 0 Å². The molecule has 0 aliphatic carbocycles. The molecule has 0 spiro atoms. The summed E-state index contributed by atoms with van der Waals surface area (Å²) in [6.07, 6.45) is 0. The van der Waals surface area contributed by atoms with Gasteiger partial charge in [-0.1, -0.05) is 0 Å². The van der Waals surface area contributed by atoms with Crippen LogP contribution in [-0.2, 0) is 0 Å². The number of nitrogens with one attached hydrogen (secondary N) is 1. The SMILES string of the molecule is COc1cc(OC)cc(C(=O)NCC(F)(F)CN)c1. The van der Waals surface area contributed by atoms with Gasteiger partial charge in [-0.2, -0.15) is 0 Å². The van der Waals surface area contributed by atoms with Crippen LogP contribution in [0.2, 0.25) is 0 Å². The molecule has 0 saturated heterocycles. The lowest BCUT2D eigenvalue weighted by Gasteiger charge is -2.15. The molecule has 0 aliphatic rings. The molecule has 106 valence electrons. The largest absolute Gasteiger partial charge is 0.497 e. The van der Waals surface area contributed by atoms with Crippen molar-refractivity contribution in [2.75, 3.05) is 27.3 Å². The van der Waals surface area contributed by atoms with Gasteiger partial charge in [0, 0.05) is 11.6 Å². The molecule has 1 amide bonds. The molecule has 19 heavy (non-hydrogen) atoms. The Morgan fingerprint density at radius 3 is 2.21 bits per heavy atom. The van der Waals surface area contributed by atoms with E-state index in [1.807, 2.05) is 0 Å². The van der Waals surface area contributed by atoms with Crippen molar-refractivity contribution in [1.82, 2.24) is 5.32 Å². The molecule has 0 heterocycles. The average Bonchev–Trinajstić information content (AvgIpc) is 2.44. The van der Waals surface area contributed by atoms with Crippen molar-refractivity contribution in [1.29, 1.82) is 0 Å². The van der Waals surface area contributed by atoms with E-state index in [4.69, 9.17) is 15.2 Å². The number of benzene rings is 1. The highest BCUT2D eigenvalue weighted by Crippen LogP contribution is 2.22. The standard InChI is InChI=1S/C12H16F2N2O3/c1-18-9-3-8(4-10(5-9)19-2)11(17)16-7-12(13,14)6-15/h3-5H,6-7,15H2,1-2H3,(H,16,17). The first-order chi connectivity index (χ1) is 8.91. The highest BCUT2D eigenvalue weighted by atomic mass is 19.3. The second-order valence-electron chi connectivity index (χ2n) is 3.84. The number of rotatable bonds is 6. The van der Waals surface area contributed by atoms with Crippen LogP contribution in [-0.4, -0.2) is 39.1 Å². The van der Waals surface area contributed by atoms with Gasteiger partial charge in [0.2, 0.25) is 0 Å². The van der Waals surface area contributed by atoms with E-state index in [0.29, 0.717) is 11.5 Å². The smallest absolute Gasteiger partial charge is 0.277 e. The molecule has 5 nitrogen and oxygen atoms in total. The van der Waals surface area contributed by atoms with Crippen LogP contribution in [0.5, 0.6) is 11.5 Å². The third-order valence-corrected chi connectivity index (χ3v) is 2.42. The van der Waals surface area contributed by atoms with E-state index in [9.17, 15) is 13.6 Å². The molecule has 0 radical (unpaired) electrons. The predicted octanol–water partition coefficient (Wildman–Crippen LogP) is 1.03. The van der Waals surface area contributed by atoms with Crippen LogP contribution in [0, 0.1) is 0 Å². The van der Waals surface area contributed by atoms with Gasteiger partial charge in [0.05, 0.1) is 27.3 Å². The van der Waals surface area contributed by atoms with Crippen molar-refractivity contribution >= 4 is 5.91 Å². The predicted molar refractivity (Wildman–Crippen MR) is 65.9 cm³/mol. The molecular weight excluding hydrogens is 258 g/mol. The van der Waals surface area contributed by atoms with Gasteiger partial charge in [0.15, 0.2) is 0 Å². The van der Waals surface area contributed by atoms with Crippen LogP contribution in [0.4, 0.5) is 8.78 Å². The maximum atomic E-state index is 12.9. The molecule has 0 atom stereocenters. The van der Waals surface area contributed by atoms with Gasteiger partial charge in [-0.05, 0) is 12.1 Å². The number of hydrogen-bond donors (Lipinski definition) is 2. The fraction of sp³-hybridized carbons (Fsp3) is 0.417. The zero-order valence-electron chi connectivity index (χ0n) is 10.7. The molecule has 0 fully saturated rings. The summed E-state index contributed by atoms with van der Waals surface area (Å²) in [4.78, 5) is 11.7. The molecule has 1 aromatic rings. The molecule has 0 unspecified atom stereocenters. The van der Waals surface area contributed by atoms with Gasteiger partial charge >= 0.3 is 0 Å². The van der Waals surface area contributed by atoms with Crippen LogP contribution < -0.4 is 20.5 Å². The summed E-state index contributed by atoms with van der Waals surface area (Å²) in [6.45, 7) is -1.64. The summed E-state index contributed by atoms with van der Waals surface area (Å²) in [7, 11) is 2.86. The van der Waals surface area contributed by atoms with Crippen LogP contribution in [0.3, 0.4) is 0 Å². The summed E-state index contributed by atoms with van der Waals surface area (Å²) in [5.41, 5.74) is 5.05. The van der Waals surface area contributed by atoms with E-state index in [-0.39, 0.29) is 5.56 Å². The second kappa shape index (κ2) is 6.33. The normalized spacial score (nSPS) is 11.0. The Morgan fingerprint density at radius 1 is 1.26 bits per heavy atom. The summed E-state index contributed by atoms with van der Waals surface area (Å²) in [6, 6.07) is 4.43. The van der Waals surface area contributed by atoms with Crippen molar-refractivity contribution < 1.29 is 23.0 Å². The van der Waals surface area contributed by atoms with E-state index in [1.54, 1.807) is 6.07 Å². The fourth-order valence-corrected chi connectivity index (χ4v) is 1.32. The number of halogens is 2. The lowest BCUT2D eigenvalue weighted by molar-refractivity contribution is 0.0118. The minimum atomic E-state index is -3.13. The van der Waals surface area contributed by atoms with Gasteiger partial charge in [0.1, 0.15) is 11.5 Å². The van der Waals surface area contributed by atoms with Gasteiger partial charge in [-0.25, -0.2) is 8.78 Å². The molecule has 0 aliphatic heterocycles. The Labute approximate surface area is 109 Å². The zero-order chi connectivity index (χ0) is 14.5. The number of amides is 1. The lowest BCUT2D eigenvalue weighted by Crippen LogP contribution is -2.41. The number of hydrogen-bond acceptors (Lipinski definition) is 4. The summed E-state index contributed by atoms with van der Waals surface area (Å²) >= 11 is 0. The molecule has 3 N–H and O–H groups in total. The number of nitrogens with two attached hydrogens (primary N) is 1. The molecule has 7 heteroatoms. The van der Waals surface area contributed by atoms with Crippen molar-refractivity contribution in [3.8, 4) is 11.5 Å². The lowest BCUT2D eigenvalue weighted by atomic mass is 10.2. The van der Waals surface area contributed by atoms with Crippen molar-refractivity contribution in [3.63, 3.8) is 0 Å². The van der Waals surface area contributed by atoms with Crippen LogP contribution in [0.1, 0.15) is 10.4 Å². The first kappa shape index (κ1) is 15.2. The van der Waals surface area contributed by atoms with E-state index < -0.39 is 24.9 Å².